The normalized spacial score (nSPS) is 13.6. The van der Waals surface area contributed by atoms with Gasteiger partial charge in [0, 0.05) is 6.54 Å². The summed E-state index contributed by atoms with van der Waals surface area (Å²) >= 11 is 6.06. The van der Waals surface area contributed by atoms with Crippen molar-refractivity contribution in [2.75, 3.05) is 27.2 Å². The Balaban J connectivity index is 2.70. The lowest BCUT2D eigenvalue weighted by molar-refractivity contribution is 0.00139. The van der Waals surface area contributed by atoms with Gasteiger partial charge >= 0.3 is 0 Å². The zero-order chi connectivity index (χ0) is 13.7. The smallest absolute Gasteiger partial charge is 0.120 e. The fourth-order valence-corrected chi connectivity index (χ4v) is 1.81. The van der Waals surface area contributed by atoms with Crippen molar-refractivity contribution in [2.24, 2.45) is 0 Å². The average Bonchev–Trinajstić information content (AvgIpc) is 2.64. The van der Waals surface area contributed by atoms with Gasteiger partial charge in [-0.2, -0.15) is 5.10 Å². The number of aliphatic hydroxyl groups excluding tert-OH is 1. The maximum Gasteiger partial charge on any atom is 0.120 e. The Morgan fingerprint density at radius 1 is 1.50 bits per heavy atom. The maximum absolute atomic E-state index is 10.1. The van der Waals surface area contributed by atoms with Crippen LogP contribution in [-0.2, 0) is 11.3 Å². The first-order valence-electron chi connectivity index (χ1n) is 6.07. The highest BCUT2D eigenvalue weighted by Gasteiger charge is 2.18. The second kappa shape index (κ2) is 7.09. The molecule has 1 atom stereocenters. The van der Waals surface area contributed by atoms with E-state index in [0.29, 0.717) is 17.3 Å². The van der Waals surface area contributed by atoms with Crippen molar-refractivity contribution < 1.29 is 9.84 Å². The number of aromatic nitrogens is 2. The fraction of sp³-hybridized carbons (Fsp3) is 0.750. The van der Waals surface area contributed by atoms with Gasteiger partial charge in [0.05, 0.1) is 36.2 Å². The Kier molecular flexibility index (Phi) is 6.08. The van der Waals surface area contributed by atoms with Gasteiger partial charge in [0.1, 0.15) is 6.10 Å². The molecule has 1 rings (SSSR count). The van der Waals surface area contributed by atoms with Gasteiger partial charge in [0.15, 0.2) is 0 Å². The Morgan fingerprint density at radius 2 is 2.17 bits per heavy atom. The summed E-state index contributed by atoms with van der Waals surface area (Å²) in [5.41, 5.74) is 0.624. The number of hydrogen-bond donors (Lipinski definition) is 1. The molecule has 0 saturated heterocycles. The molecule has 0 radical (unpaired) electrons. The van der Waals surface area contributed by atoms with E-state index in [2.05, 4.69) is 10.00 Å². The molecule has 1 heterocycles. The van der Waals surface area contributed by atoms with E-state index < -0.39 is 6.10 Å². The van der Waals surface area contributed by atoms with Crippen LogP contribution < -0.4 is 0 Å². The lowest BCUT2D eigenvalue weighted by atomic mass is 10.2. The average molecular weight is 276 g/mol. The number of nitrogens with zero attached hydrogens (tertiary/aromatic N) is 3. The van der Waals surface area contributed by atoms with Crippen LogP contribution in [0.2, 0.25) is 5.02 Å². The molecule has 0 bridgehead atoms. The minimum atomic E-state index is -0.746. The molecule has 0 aromatic carbocycles. The number of rotatable bonds is 7. The molecular weight excluding hydrogens is 254 g/mol. The summed E-state index contributed by atoms with van der Waals surface area (Å²) in [7, 11) is 3.98. The summed E-state index contributed by atoms with van der Waals surface area (Å²) in [4.78, 5) is 2.05. The standard InChI is InChI=1S/C12H22ClN3O2/c1-9(2)18-8-11(17)12-10(13)7-14-16(12)6-5-15(3)4/h7,9,11,17H,5-6,8H2,1-4H3. The van der Waals surface area contributed by atoms with Crippen molar-refractivity contribution in [2.45, 2.75) is 32.6 Å². The monoisotopic (exact) mass is 275 g/mol. The quantitative estimate of drug-likeness (QED) is 0.820. The number of halogens is 1. The van der Waals surface area contributed by atoms with E-state index in [9.17, 15) is 5.11 Å². The van der Waals surface area contributed by atoms with Crippen molar-refractivity contribution in [3.63, 3.8) is 0 Å². The van der Waals surface area contributed by atoms with E-state index in [1.165, 1.54) is 0 Å². The SMILES string of the molecule is CC(C)OCC(O)c1c(Cl)cnn1CCN(C)C. The zero-order valence-electron chi connectivity index (χ0n) is 11.4. The first-order chi connectivity index (χ1) is 8.41. The molecule has 6 heteroatoms. The van der Waals surface area contributed by atoms with Crippen LogP contribution in [0.1, 0.15) is 25.6 Å². The molecule has 0 spiro atoms. The van der Waals surface area contributed by atoms with Crippen molar-refractivity contribution in [1.82, 2.24) is 14.7 Å². The van der Waals surface area contributed by atoms with Crippen molar-refractivity contribution in [1.29, 1.82) is 0 Å². The molecule has 1 aromatic heterocycles. The van der Waals surface area contributed by atoms with Gasteiger partial charge in [-0.15, -0.1) is 0 Å². The van der Waals surface area contributed by atoms with Crippen LogP contribution >= 0.6 is 11.6 Å². The molecule has 1 N–H and O–H groups in total. The summed E-state index contributed by atoms with van der Waals surface area (Å²) in [6.45, 7) is 5.61. The molecular formula is C12H22ClN3O2. The van der Waals surface area contributed by atoms with Crippen molar-refractivity contribution in [3.05, 3.63) is 16.9 Å². The number of hydrogen-bond acceptors (Lipinski definition) is 4. The molecule has 0 aliphatic rings. The van der Waals surface area contributed by atoms with E-state index in [0.717, 1.165) is 6.54 Å². The largest absolute Gasteiger partial charge is 0.384 e. The molecule has 1 unspecified atom stereocenters. The molecule has 104 valence electrons. The molecule has 0 aliphatic heterocycles. The molecule has 18 heavy (non-hydrogen) atoms. The summed E-state index contributed by atoms with van der Waals surface area (Å²) in [6, 6.07) is 0. The van der Waals surface area contributed by atoms with Gasteiger partial charge in [0.25, 0.3) is 0 Å². The highest BCUT2D eigenvalue weighted by Crippen LogP contribution is 2.23. The Bertz CT molecular complexity index is 366. The Labute approximate surface area is 113 Å². The van der Waals surface area contributed by atoms with Crippen LogP contribution in [0.15, 0.2) is 6.20 Å². The molecule has 0 saturated carbocycles. The maximum atomic E-state index is 10.1. The number of ether oxygens (including phenoxy) is 1. The molecule has 0 fully saturated rings. The van der Waals surface area contributed by atoms with Gasteiger partial charge in [-0.3, -0.25) is 4.68 Å². The predicted molar refractivity (Wildman–Crippen MR) is 71.8 cm³/mol. The van der Waals surface area contributed by atoms with Crippen molar-refractivity contribution in [3.8, 4) is 0 Å². The van der Waals surface area contributed by atoms with Crippen LogP contribution in [0, 0.1) is 0 Å². The predicted octanol–water partition coefficient (Wildman–Crippen LogP) is 1.56. The van der Waals surface area contributed by atoms with Gasteiger partial charge in [-0.1, -0.05) is 11.6 Å². The van der Waals surface area contributed by atoms with Crippen LogP contribution in [0.5, 0.6) is 0 Å². The van der Waals surface area contributed by atoms with Gasteiger partial charge in [-0.25, -0.2) is 0 Å². The molecule has 0 amide bonds. The minimum absolute atomic E-state index is 0.0802. The van der Waals surface area contributed by atoms with Gasteiger partial charge in [-0.05, 0) is 27.9 Å². The minimum Gasteiger partial charge on any atom is -0.384 e. The van der Waals surface area contributed by atoms with E-state index >= 15 is 0 Å². The van der Waals surface area contributed by atoms with Gasteiger partial charge < -0.3 is 14.7 Å². The highest BCUT2D eigenvalue weighted by atomic mass is 35.5. The second-order valence-electron chi connectivity index (χ2n) is 4.80. The van der Waals surface area contributed by atoms with Crippen LogP contribution in [0.25, 0.3) is 0 Å². The lowest BCUT2D eigenvalue weighted by Gasteiger charge is -2.17. The fourth-order valence-electron chi connectivity index (χ4n) is 1.54. The summed E-state index contributed by atoms with van der Waals surface area (Å²) in [6.07, 6.45) is 0.895. The molecule has 0 aliphatic carbocycles. The molecule has 1 aromatic rings. The summed E-state index contributed by atoms with van der Waals surface area (Å²) in [5, 5.41) is 14.8. The number of likely N-dealkylation sites (N-methyl/N-ethyl adjacent to an activating group) is 1. The lowest BCUT2D eigenvalue weighted by Crippen LogP contribution is -2.22. The van der Waals surface area contributed by atoms with Crippen LogP contribution in [0.3, 0.4) is 0 Å². The summed E-state index contributed by atoms with van der Waals surface area (Å²) < 4.78 is 7.14. The third-order valence-corrected chi connectivity index (χ3v) is 2.79. The zero-order valence-corrected chi connectivity index (χ0v) is 12.2. The second-order valence-corrected chi connectivity index (χ2v) is 5.21. The first-order valence-corrected chi connectivity index (χ1v) is 6.45. The Morgan fingerprint density at radius 3 is 2.72 bits per heavy atom. The van der Waals surface area contributed by atoms with Crippen LogP contribution in [-0.4, -0.2) is 53.1 Å². The van der Waals surface area contributed by atoms with E-state index in [-0.39, 0.29) is 12.7 Å². The third kappa shape index (κ3) is 4.57. The van der Waals surface area contributed by atoms with E-state index in [1.54, 1.807) is 10.9 Å². The topological polar surface area (TPSA) is 50.5 Å². The molecule has 5 nitrogen and oxygen atoms in total. The Hall–Kier alpha value is -0.620. The highest BCUT2D eigenvalue weighted by molar-refractivity contribution is 6.31. The van der Waals surface area contributed by atoms with Crippen molar-refractivity contribution >= 4 is 11.6 Å². The number of aliphatic hydroxyl groups is 1. The third-order valence-electron chi connectivity index (χ3n) is 2.50. The van der Waals surface area contributed by atoms with E-state index in [4.69, 9.17) is 16.3 Å². The summed E-state index contributed by atoms with van der Waals surface area (Å²) in [5.74, 6) is 0. The first kappa shape index (κ1) is 15.4. The van der Waals surface area contributed by atoms with Gasteiger partial charge in [0.2, 0.25) is 0 Å². The van der Waals surface area contributed by atoms with Crippen LogP contribution in [0.4, 0.5) is 0 Å². The van der Waals surface area contributed by atoms with E-state index in [1.807, 2.05) is 27.9 Å².